The third-order valence-corrected chi connectivity index (χ3v) is 5.70. The molecule has 8 heteroatoms. The maximum absolute atomic E-state index is 12.1. The Morgan fingerprint density at radius 1 is 0.857 bits per heavy atom. The number of hydroxylamine groups is 1. The van der Waals surface area contributed by atoms with Gasteiger partial charge in [-0.3, -0.25) is 9.59 Å². The fourth-order valence-corrected chi connectivity index (χ4v) is 3.56. The standard InChI is InChI=1S/C27H38N4O4/c1-20(30-26(33)24(29)13-7-8-18-28)27(34)35-31-25(32)19-23-16-14-22(15-17-23)12-6-5-11-21-9-3-2-4-10-21/h2-4,9-10,14-17,20,24H,5-8,11-13,18-19,28-29H2,1H3,(H,30,33)(H,31,32). The molecule has 0 fully saturated rings. The van der Waals surface area contributed by atoms with E-state index in [0.29, 0.717) is 13.0 Å². The molecule has 2 aromatic rings. The summed E-state index contributed by atoms with van der Waals surface area (Å²) in [7, 11) is 0. The van der Waals surface area contributed by atoms with E-state index in [1.54, 1.807) is 0 Å². The summed E-state index contributed by atoms with van der Waals surface area (Å²) in [5.74, 6) is -1.67. The SMILES string of the molecule is CC(NC(=O)C(N)CCCCN)C(=O)ONC(=O)Cc1ccc(CCCCc2ccccc2)cc1. The largest absolute Gasteiger partial charge is 0.353 e. The van der Waals surface area contributed by atoms with E-state index >= 15 is 0 Å². The molecule has 0 spiro atoms. The molecule has 8 nitrogen and oxygen atoms in total. The molecule has 2 rings (SSSR count). The highest BCUT2D eigenvalue weighted by Crippen LogP contribution is 2.11. The highest BCUT2D eigenvalue weighted by atomic mass is 16.7. The van der Waals surface area contributed by atoms with Crippen molar-refractivity contribution in [3.63, 3.8) is 0 Å². The zero-order valence-electron chi connectivity index (χ0n) is 20.5. The summed E-state index contributed by atoms with van der Waals surface area (Å²) in [6.45, 7) is 2.01. The summed E-state index contributed by atoms with van der Waals surface area (Å²) in [4.78, 5) is 41.1. The highest BCUT2D eigenvalue weighted by molar-refractivity contribution is 5.87. The van der Waals surface area contributed by atoms with Crippen LogP contribution in [0.15, 0.2) is 54.6 Å². The van der Waals surface area contributed by atoms with Crippen LogP contribution in [0.1, 0.15) is 55.7 Å². The molecular weight excluding hydrogens is 444 g/mol. The molecular formula is C27H38N4O4. The van der Waals surface area contributed by atoms with Gasteiger partial charge in [0.25, 0.3) is 5.91 Å². The molecule has 2 atom stereocenters. The van der Waals surface area contributed by atoms with Crippen LogP contribution in [-0.2, 0) is 38.5 Å². The lowest BCUT2D eigenvalue weighted by Gasteiger charge is -2.16. The summed E-state index contributed by atoms with van der Waals surface area (Å²) in [6.07, 6.45) is 6.34. The fourth-order valence-electron chi connectivity index (χ4n) is 3.56. The molecule has 0 saturated heterocycles. The molecule has 190 valence electrons. The van der Waals surface area contributed by atoms with Crippen molar-refractivity contribution >= 4 is 17.8 Å². The summed E-state index contributed by atoms with van der Waals surface area (Å²) in [6, 6.07) is 16.6. The molecule has 0 radical (unpaired) electrons. The molecule has 0 bridgehead atoms. The lowest BCUT2D eigenvalue weighted by molar-refractivity contribution is -0.160. The van der Waals surface area contributed by atoms with Gasteiger partial charge in [-0.1, -0.05) is 61.0 Å². The Hall–Kier alpha value is -3.23. The van der Waals surface area contributed by atoms with Crippen molar-refractivity contribution < 1.29 is 19.2 Å². The van der Waals surface area contributed by atoms with Crippen molar-refractivity contribution in [1.82, 2.24) is 10.8 Å². The molecule has 2 aromatic carbocycles. The number of hydrogen-bond donors (Lipinski definition) is 4. The number of benzene rings is 2. The number of carbonyl (C=O) groups is 3. The second kappa shape index (κ2) is 15.6. The van der Waals surface area contributed by atoms with Crippen LogP contribution in [0.25, 0.3) is 0 Å². The van der Waals surface area contributed by atoms with Crippen molar-refractivity contribution in [2.24, 2.45) is 11.5 Å². The Morgan fingerprint density at radius 3 is 2.09 bits per heavy atom. The molecule has 6 N–H and O–H groups in total. The van der Waals surface area contributed by atoms with Crippen molar-refractivity contribution in [2.75, 3.05) is 6.54 Å². The third kappa shape index (κ3) is 11.2. The molecule has 0 aromatic heterocycles. The van der Waals surface area contributed by atoms with E-state index in [4.69, 9.17) is 16.3 Å². The Bertz CT molecular complexity index is 919. The van der Waals surface area contributed by atoms with Gasteiger partial charge in [-0.2, -0.15) is 5.48 Å². The van der Waals surface area contributed by atoms with Gasteiger partial charge in [-0.15, -0.1) is 0 Å². The van der Waals surface area contributed by atoms with Gasteiger partial charge in [0.15, 0.2) is 0 Å². The first-order valence-corrected chi connectivity index (χ1v) is 12.3. The Balaban J connectivity index is 1.65. The predicted molar refractivity (Wildman–Crippen MR) is 136 cm³/mol. The number of aryl methyl sites for hydroxylation is 2. The Morgan fingerprint density at radius 2 is 1.46 bits per heavy atom. The smallest absolute Gasteiger partial charge is 0.342 e. The molecule has 0 saturated carbocycles. The zero-order valence-corrected chi connectivity index (χ0v) is 20.5. The average molecular weight is 483 g/mol. The van der Waals surface area contributed by atoms with E-state index in [1.807, 2.05) is 30.3 Å². The zero-order chi connectivity index (χ0) is 25.5. The van der Waals surface area contributed by atoms with Gasteiger partial charge in [0, 0.05) is 0 Å². The first kappa shape index (κ1) is 28.0. The molecule has 0 aliphatic rings. The van der Waals surface area contributed by atoms with Gasteiger partial charge in [0.05, 0.1) is 12.5 Å². The van der Waals surface area contributed by atoms with Crippen LogP contribution < -0.4 is 22.3 Å². The minimum Gasteiger partial charge on any atom is -0.342 e. The van der Waals surface area contributed by atoms with E-state index in [-0.39, 0.29) is 6.42 Å². The molecule has 0 aliphatic carbocycles. The van der Waals surface area contributed by atoms with Crippen LogP contribution in [0.4, 0.5) is 0 Å². The van der Waals surface area contributed by atoms with Crippen LogP contribution in [0.3, 0.4) is 0 Å². The van der Waals surface area contributed by atoms with E-state index in [9.17, 15) is 14.4 Å². The summed E-state index contributed by atoms with van der Waals surface area (Å²) in [5.41, 5.74) is 16.8. The fraction of sp³-hybridized carbons (Fsp3) is 0.444. The molecule has 0 heterocycles. The molecule has 2 unspecified atom stereocenters. The first-order valence-electron chi connectivity index (χ1n) is 12.3. The molecule has 2 amide bonds. The van der Waals surface area contributed by atoms with Crippen LogP contribution in [0, 0.1) is 0 Å². The van der Waals surface area contributed by atoms with Gasteiger partial charge in [0.1, 0.15) is 6.04 Å². The van der Waals surface area contributed by atoms with Crippen LogP contribution in [-0.4, -0.2) is 36.4 Å². The van der Waals surface area contributed by atoms with E-state index in [0.717, 1.165) is 44.1 Å². The molecule has 0 aliphatic heterocycles. The quantitative estimate of drug-likeness (QED) is 0.241. The number of amides is 2. The topological polar surface area (TPSA) is 137 Å². The summed E-state index contributed by atoms with van der Waals surface area (Å²) in [5, 5.41) is 2.50. The Labute approximate surface area is 207 Å². The van der Waals surface area contributed by atoms with Gasteiger partial charge < -0.3 is 21.6 Å². The third-order valence-electron chi connectivity index (χ3n) is 5.70. The number of nitrogens with two attached hydrogens (primary N) is 2. The minimum atomic E-state index is -0.940. The average Bonchev–Trinajstić information content (AvgIpc) is 2.86. The van der Waals surface area contributed by atoms with Crippen LogP contribution >= 0.6 is 0 Å². The first-order chi connectivity index (χ1) is 16.9. The van der Waals surface area contributed by atoms with Gasteiger partial charge in [-0.25, -0.2) is 4.79 Å². The number of rotatable bonds is 14. The minimum absolute atomic E-state index is 0.0777. The number of carbonyl (C=O) groups excluding carboxylic acids is 3. The lowest BCUT2D eigenvalue weighted by Crippen LogP contribution is -2.48. The normalized spacial score (nSPS) is 12.4. The number of hydrogen-bond acceptors (Lipinski definition) is 6. The Kier molecular flexibility index (Phi) is 12.5. The van der Waals surface area contributed by atoms with Crippen molar-refractivity contribution in [3.8, 4) is 0 Å². The van der Waals surface area contributed by atoms with Crippen molar-refractivity contribution in [1.29, 1.82) is 0 Å². The maximum atomic E-state index is 12.1. The van der Waals surface area contributed by atoms with Gasteiger partial charge in [-0.05, 0) is 68.7 Å². The van der Waals surface area contributed by atoms with Crippen molar-refractivity contribution in [2.45, 2.75) is 70.4 Å². The van der Waals surface area contributed by atoms with Gasteiger partial charge in [0.2, 0.25) is 5.91 Å². The monoisotopic (exact) mass is 482 g/mol. The maximum Gasteiger partial charge on any atom is 0.353 e. The van der Waals surface area contributed by atoms with E-state index in [2.05, 4.69) is 35.1 Å². The number of nitrogens with one attached hydrogen (secondary N) is 2. The van der Waals surface area contributed by atoms with Crippen LogP contribution in [0.2, 0.25) is 0 Å². The highest BCUT2D eigenvalue weighted by Gasteiger charge is 2.21. The van der Waals surface area contributed by atoms with Crippen molar-refractivity contribution in [3.05, 3.63) is 71.3 Å². The predicted octanol–water partition coefficient (Wildman–Crippen LogP) is 2.33. The van der Waals surface area contributed by atoms with E-state index < -0.39 is 29.9 Å². The van der Waals surface area contributed by atoms with E-state index in [1.165, 1.54) is 18.1 Å². The number of unbranched alkanes of at least 4 members (excludes halogenated alkanes) is 2. The van der Waals surface area contributed by atoms with Gasteiger partial charge >= 0.3 is 5.97 Å². The second-order valence-electron chi connectivity index (χ2n) is 8.75. The lowest BCUT2D eigenvalue weighted by atomic mass is 10.0. The molecule has 35 heavy (non-hydrogen) atoms. The summed E-state index contributed by atoms with van der Waals surface area (Å²) >= 11 is 0. The second-order valence-corrected chi connectivity index (χ2v) is 8.75. The summed E-state index contributed by atoms with van der Waals surface area (Å²) < 4.78 is 0. The van der Waals surface area contributed by atoms with Crippen LogP contribution in [0.5, 0.6) is 0 Å².